The second-order valence-electron chi connectivity index (χ2n) is 10.8. The molecule has 2 saturated heterocycles. The summed E-state index contributed by atoms with van der Waals surface area (Å²) in [6.45, 7) is 11.4. The van der Waals surface area contributed by atoms with Gasteiger partial charge in [0.2, 0.25) is 0 Å². The largest absolute Gasteiger partial charge is 0.491 e. The number of nitrogen functional groups attached to an aromatic ring is 2. The van der Waals surface area contributed by atoms with Crippen LogP contribution in [-0.4, -0.2) is 108 Å². The van der Waals surface area contributed by atoms with Gasteiger partial charge in [-0.15, -0.1) is 0 Å². The highest BCUT2D eigenvalue weighted by Crippen LogP contribution is 2.27. The summed E-state index contributed by atoms with van der Waals surface area (Å²) in [5.74, 6) is 0.980. The molecule has 2 aliphatic rings. The van der Waals surface area contributed by atoms with Crippen LogP contribution in [0.5, 0.6) is 11.5 Å². The van der Waals surface area contributed by atoms with E-state index in [9.17, 15) is 20.2 Å². The number of anilines is 2. The molecule has 2 aromatic carbocycles. The Morgan fingerprint density at radius 2 is 0.976 bits per heavy atom. The molecule has 2 aromatic rings. The van der Waals surface area contributed by atoms with Crippen molar-refractivity contribution in [3.63, 3.8) is 0 Å². The molecule has 2 fully saturated rings. The second kappa shape index (κ2) is 15.5. The van der Waals surface area contributed by atoms with E-state index in [1.165, 1.54) is 37.1 Å². The van der Waals surface area contributed by atoms with E-state index in [0.717, 1.165) is 78.5 Å². The first-order valence-electron chi connectivity index (χ1n) is 14.5. The lowest BCUT2D eigenvalue weighted by Crippen LogP contribution is -2.29. The van der Waals surface area contributed by atoms with Crippen LogP contribution in [0.4, 0.5) is 22.7 Å². The Morgan fingerprint density at radius 3 is 1.31 bits per heavy atom. The van der Waals surface area contributed by atoms with Gasteiger partial charge in [-0.25, -0.2) is 0 Å². The third kappa shape index (κ3) is 9.41. The van der Waals surface area contributed by atoms with Crippen LogP contribution in [0.15, 0.2) is 36.4 Å². The zero-order valence-electron chi connectivity index (χ0n) is 24.1. The molecule has 2 aliphatic heterocycles. The van der Waals surface area contributed by atoms with Gasteiger partial charge in [-0.2, -0.15) is 0 Å². The van der Waals surface area contributed by atoms with Crippen molar-refractivity contribution < 1.29 is 19.3 Å². The molecule has 4 N–H and O–H groups in total. The standard InChI is InChI=1S/C28H42N8O6/c29-25-19-23(35(37)38)5-7-27(25)41-17-3-11-33-15-13-31(21-33)9-1-2-10-32-14-16-34(22-32)12-4-18-42-28-8-6-24(36(39)40)20-26(28)30/h5-8,19-20H,1-4,9-18,21-22,29-30H2. The maximum Gasteiger partial charge on any atom is 0.271 e. The first kappa shape index (κ1) is 31.2. The van der Waals surface area contributed by atoms with Crippen LogP contribution in [0.25, 0.3) is 0 Å². The van der Waals surface area contributed by atoms with Crippen LogP contribution in [0.2, 0.25) is 0 Å². The van der Waals surface area contributed by atoms with E-state index in [0.29, 0.717) is 24.7 Å². The van der Waals surface area contributed by atoms with Gasteiger partial charge in [0.15, 0.2) is 0 Å². The molecular formula is C28H42N8O6. The Morgan fingerprint density at radius 1 is 0.619 bits per heavy atom. The van der Waals surface area contributed by atoms with E-state index < -0.39 is 9.85 Å². The number of nitrogens with zero attached hydrogens (tertiary/aromatic N) is 6. The summed E-state index contributed by atoms with van der Waals surface area (Å²) in [7, 11) is 0. The lowest BCUT2D eigenvalue weighted by molar-refractivity contribution is -0.385. The van der Waals surface area contributed by atoms with Gasteiger partial charge >= 0.3 is 0 Å². The normalized spacial score (nSPS) is 16.7. The van der Waals surface area contributed by atoms with Crippen molar-refractivity contribution in [2.45, 2.75) is 25.7 Å². The molecule has 0 amide bonds. The van der Waals surface area contributed by atoms with Gasteiger partial charge in [0.1, 0.15) is 11.5 Å². The van der Waals surface area contributed by atoms with Crippen molar-refractivity contribution >= 4 is 22.7 Å². The fourth-order valence-corrected chi connectivity index (χ4v) is 5.32. The van der Waals surface area contributed by atoms with E-state index >= 15 is 0 Å². The number of nitro benzene ring substituents is 2. The number of non-ortho nitro benzene ring substituents is 2. The Balaban J connectivity index is 1.00. The predicted molar refractivity (Wildman–Crippen MR) is 161 cm³/mol. The van der Waals surface area contributed by atoms with Gasteiger partial charge in [0.25, 0.3) is 11.4 Å². The van der Waals surface area contributed by atoms with Crippen LogP contribution >= 0.6 is 0 Å². The highest BCUT2D eigenvalue weighted by atomic mass is 16.6. The Kier molecular flexibility index (Phi) is 11.5. The third-order valence-electron chi connectivity index (χ3n) is 7.62. The topological polar surface area (TPSA) is 170 Å². The van der Waals surface area contributed by atoms with E-state index in [-0.39, 0.29) is 22.7 Å². The van der Waals surface area contributed by atoms with Crippen molar-refractivity contribution in [3.8, 4) is 11.5 Å². The molecular weight excluding hydrogens is 544 g/mol. The minimum Gasteiger partial charge on any atom is -0.491 e. The van der Waals surface area contributed by atoms with Gasteiger partial charge < -0.3 is 20.9 Å². The van der Waals surface area contributed by atoms with E-state index in [2.05, 4.69) is 19.6 Å². The van der Waals surface area contributed by atoms with Gasteiger partial charge in [-0.05, 0) is 50.9 Å². The maximum atomic E-state index is 10.8. The molecule has 4 rings (SSSR count). The molecule has 0 unspecified atom stereocenters. The van der Waals surface area contributed by atoms with Crippen molar-refractivity contribution in [3.05, 3.63) is 56.6 Å². The SMILES string of the molecule is Nc1cc([N+](=O)[O-])ccc1OCCCN1CCN(CCCCN2CCN(CCCOc3ccc([N+](=O)[O-])cc3N)C2)C1. The number of rotatable bonds is 17. The van der Waals surface area contributed by atoms with Crippen LogP contribution in [0.1, 0.15) is 25.7 Å². The quantitative estimate of drug-likeness (QED) is 0.120. The number of hydrogen-bond acceptors (Lipinski definition) is 12. The van der Waals surface area contributed by atoms with Crippen molar-refractivity contribution in [1.29, 1.82) is 0 Å². The predicted octanol–water partition coefficient (Wildman–Crippen LogP) is 2.84. The molecule has 0 spiro atoms. The molecule has 14 heteroatoms. The highest BCUT2D eigenvalue weighted by Gasteiger charge is 2.21. The molecule has 0 atom stereocenters. The fourth-order valence-electron chi connectivity index (χ4n) is 5.32. The average molecular weight is 587 g/mol. The van der Waals surface area contributed by atoms with Crippen LogP contribution < -0.4 is 20.9 Å². The summed E-state index contributed by atoms with van der Waals surface area (Å²) >= 11 is 0. The number of hydrogen-bond donors (Lipinski definition) is 2. The van der Waals surface area contributed by atoms with Gasteiger partial charge in [0.05, 0.1) is 47.8 Å². The van der Waals surface area contributed by atoms with Crippen molar-refractivity contribution in [2.75, 3.05) is 90.4 Å². The van der Waals surface area contributed by atoms with E-state index in [4.69, 9.17) is 20.9 Å². The summed E-state index contributed by atoms with van der Waals surface area (Å²) in [5.41, 5.74) is 12.2. The van der Waals surface area contributed by atoms with Crippen molar-refractivity contribution in [2.24, 2.45) is 0 Å². The molecule has 0 radical (unpaired) electrons. The summed E-state index contributed by atoms with van der Waals surface area (Å²) in [6, 6.07) is 8.59. The lowest BCUT2D eigenvalue weighted by Gasteiger charge is -2.20. The summed E-state index contributed by atoms with van der Waals surface area (Å²) in [5, 5.41) is 21.7. The summed E-state index contributed by atoms with van der Waals surface area (Å²) < 4.78 is 11.5. The molecule has 0 bridgehead atoms. The molecule has 0 aromatic heterocycles. The average Bonchev–Trinajstić information content (AvgIpc) is 3.62. The van der Waals surface area contributed by atoms with Crippen molar-refractivity contribution in [1.82, 2.24) is 19.6 Å². The summed E-state index contributed by atoms with van der Waals surface area (Å²) in [4.78, 5) is 30.6. The van der Waals surface area contributed by atoms with Crippen LogP contribution in [0.3, 0.4) is 0 Å². The summed E-state index contributed by atoms with van der Waals surface area (Å²) in [6.07, 6.45) is 4.09. The third-order valence-corrected chi connectivity index (χ3v) is 7.62. The van der Waals surface area contributed by atoms with Crippen LogP contribution in [-0.2, 0) is 0 Å². The lowest BCUT2D eigenvalue weighted by atomic mass is 10.2. The molecule has 42 heavy (non-hydrogen) atoms. The molecule has 14 nitrogen and oxygen atoms in total. The number of nitrogens with two attached hydrogens (primary N) is 2. The maximum absolute atomic E-state index is 10.8. The number of unbranched alkanes of at least 4 members (excludes halogenated alkanes) is 1. The van der Waals surface area contributed by atoms with E-state index in [1.807, 2.05) is 0 Å². The Hall–Kier alpha value is -3.72. The minimum absolute atomic E-state index is 0.0351. The molecule has 230 valence electrons. The first-order chi connectivity index (χ1) is 20.3. The first-order valence-corrected chi connectivity index (χ1v) is 14.5. The highest BCUT2D eigenvalue weighted by molar-refractivity contribution is 5.58. The van der Waals surface area contributed by atoms with Gasteiger partial charge in [-0.3, -0.25) is 39.8 Å². The Labute approximate surface area is 246 Å². The number of benzene rings is 2. The smallest absolute Gasteiger partial charge is 0.271 e. The van der Waals surface area contributed by atoms with Crippen LogP contribution in [0, 0.1) is 20.2 Å². The Bertz CT molecular complexity index is 1110. The minimum atomic E-state index is -0.467. The molecule has 2 heterocycles. The van der Waals surface area contributed by atoms with Gasteiger partial charge in [-0.1, -0.05) is 0 Å². The zero-order valence-corrected chi connectivity index (χ0v) is 24.1. The monoisotopic (exact) mass is 586 g/mol. The van der Waals surface area contributed by atoms with E-state index in [1.54, 1.807) is 12.1 Å². The molecule has 0 aliphatic carbocycles. The zero-order chi connectivity index (χ0) is 29.9. The molecule has 0 saturated carbocycles. The van der Waals surface area contributed by atoms with Gasteiger partial charge in [0, 0.05) is 63.5 Å². The number of ether oxygens (including phenoxy) is 2. The fraction of sp³-hybridized carbons (Fsp3) is 0.571. The number of nitro groups is 2. The second-order valence-corrected chi connectivity index (χ2v) is 10.8.